The first-order chi connectivity index (χ1) is 14.4. The summed E-state index contributed by atoms with van der Waals surface area (Å²) in [6.45, 7) is 3.53. The molecule has 3 rings (SSSR count). The Balaban J connectivity index is 1.80. The Morgan fingerprint density at radius 2 is 1.30 bits per heavy atom. The zero-order valence-electron chi connectivity index (χ0n) is 16.6. The number of rotatable bonds is 9. The van der Waals surface area contributed by atoms with Gasteiger partial charge < -0.3 is 0 Å². The zero-order valence-corrected chi connectivity index (χ0v) is 18.3. The van der Waals surface area contributed by atoms with Crippen LogP contribution in [-0.4, -0.2) is 16.8 Å². The van der Waals surface area contributed by atoms with Crippen LogP contribution >= 0.6 is 0 Å². The van der Waals surface area contributed by atoms with Gasteiger partial charge >= 0.3 is 0 Å². The molecule has 0 saturated heterocycles. The van der Waals surface area contributed by atoms with Crippen molar-refractivity contribution in [3.8, 4) is 0 Å². The normalized spacial score (nSPS) is 13.7. The van der Waals surface area contributed by atoms with E-state index in [4.69, 9.17) is 0 Å². The molecular weight excluding hydrogens is 416 g/mol. The third kappa shape index (κ3) is 5.29. The zero-order chi connectivity index (χ0) is 21.6. The van der Waals surface area contributed by atoms with Crippen LogP contribution in [0.1, 0.15) is 32.1 Å². The molecule has 0 aromatic heterocycles. The van der Waals surface area contributed by atoms with Crippen LogP contribution in [0.3, 0.4) is 0 Å². The maximum absolute atomic E-state index is 13.1. The smallest absolute Gasteiger partial charge is 0.210 e. The van der Waals surface area contributed by atoms with Gasteiger partial charge in [-0.2, -0.15) is 0 Å². The van der Waals surface area contributed by atoms with E-state index < -0.39 is 19.7 Å². The maximum atomic E-state index is 13.1. The van der Waals surface area contributed by atoms with Crippen LogP contribution in [0.5, 0.6) is 0 Å². The standard InChI is InChI=1S/C24H24O4S2/c1-2-21(29(25,26)22-10-5-3-6-11-22)14-9-15-24(19-18-20-16-17-20)30(27,28)23-12-7-4-8-13-23/h3-8,10-13,18,20H,1,9,14-17H2. The molecule has 30 heavy (non-hydrogen) atoms. The van der Waals surface area contributed by atoms with E-state index in [-0.39, 0.29) is 32.4 Å². The number of benzene rings is 2. The van der Waals surface area contributed by atoms with Gasteiger partial charge in [-0.1, -0.05) is 43.0 Å². The van der Waals surface area contributed by atoms with Gasteiger partial charge in [-0.15, -0.1) is 11.5 Å². The van der Waals surface area contributed by atoms with Gasteiger partial charge in [0.15, 0.2) is 0 Å². The molecule has 0 atom stereocenters. The lowest BCUT2D eigenvalue weighted by Crippen LogP contribution is -2.07. The monoisotopic (exact) mass is 440 g/mol. The number of sulfone groups is 2. The summed E-state index contributed by atoms with van der Waals surface area (Å²) in [7, 11) is -7.38. The largest absolute Gasteiger partial charge is 0.218 e. The Morgan fingerprint density at radius 3 is 1.77 bits per heavy atom. The summed E-state index contributed by atoms with van der Waals surface area (Å²) in [5.74, 6) is 0.382. The Morgan fingerprint density at radius 1 is 0.833 bits per heavy atom. The minimum atomic E-state index is -3.70. The summed E-state index contributed by atoms with van der Waals surface area (Å²) in [5.41, 5.74) is 5.53. The molecule has 0 bridgehead atoms. The minimum Gasteiger partial charge on any atom is -0.218 e. The van der Waals surface area contributed by atoms with Gasteiger partial charge in [0.2, 0.25) is 19.7 Å². The first-order valence-corrected chi connectivity index (χ1v) is 12.8. The molecule has 0 N–H and O–H groups in total. The van der Waals surface area contributed by atoms with Crippen LogP contribution in [0.25, 0.3) is 0 Å². The lowest BCUT2D eigenvalue weighted by molar-refractivity contribution is 0.598. The highest BCUT2D eigenvalue weighted by molar-refractivity contribution is 7.95. The quantitative estimate of drug-likeness (QED) is 0.501. The molecule has 1 aliphatic carbocycles. The van der Waals surface area contributed by atoms with Crippen LogP contribution in [0.4, 0.5) is 0 Å². The SMILES string of the molecule is C=C=C(CCCC(=C=CC1CC1)S(=O)(=O)c1ccccc1)S(=O)(=O)c1ccccc1. The highest BCUT2D eigenvalue weighted by Crippen LogP contribution is 2.31. The predicted molar refractivity (Wildman–Crippen MR) is 118 cm³/mol. The fraction of sp³-hybridized carbons (Fsp3) is 0.250. The first kappa shape index (κ1) is 22.1. The lowest BCUT2D eigenvalue weighted by Gasteiger charge is -2.09. The Kier molecular flexibility index (Phi) is 6.96. The molecule has 4 nitrogen and oxygen atoms in total. The van der Waals surface area contributed by atoms with Crippen LogP contribution in [0, 0.1) is 5.92 Å². The van der Waals surface area contributed by atoms with Gasteiger partial charge in [0.25, 0.3) is 0 Å². The van der Waals surface area contributed by atoms with Crippen molar-refractivity contribution in [2.75, 3.05) is 0 Å². The van der Waals surface area contributed by atoms with Crippen LogP contribution in [-0.2, 0) is 19.7 Å². The van der Waals surface area contributed by atoms with E-state index in [1.807, 2.05) is 6.08 Å². The molecule has 6 heteroatoms. The molecule has 0 heterocycles. The summed E-state index contributed by atoms with van der Waals surface area (Å²) < 4.78 is 51.7. The van der Waals surface area contributed by atoms with E-state index in [0.29, 0.717) is 12.3 Å². The average Bonchev–Trinajstić information content (AvgIpc) is 3.58. The third-order valence-electron chi connectivity index (χ3n) is 4.86. The molecule has 2 aromatic carbocycles. The molecular formula is C24H24O4S2. The molecule has 1 saturated carbocycles. The van der Waals surface area contributed by atoms with E-state index in [1.54, 1.807) is 48.5 Å². The van der Waals surface area contributed by atoms with Gasteiger partial charge in [0.05, 0.1) is 19.6 Å². The van der Waals surface area contributed by atoms with Crippen molar-refractivity contribution < 1.29 is 16.8 Å². The van der Waals surface area contributed by atoms with Gasteiger partial charge in [-0.25, -0.2) is 16.8 Å². The Bertz CT molecular complexity index is 1210. The fourth-order valence-corrected chi connectivity index (χ4v) is 5.81. The fourth-order valence-electron chi connectivity index (χ4n) is 2.97. The van der Waals surface area contributed by atoms with Crippen molar-refractivity contribution >= 4 is 19.7 Å². The van der Waals surface area contributed by atoms with E-state index >= 15 is 0 Å². The summed E-state index contributed by atoms with van der Waals surface area (Å²) in [6, 6.07) is 16.3. The van der Waals surface area contributed by atoms with Crippen molar-refractivity contribution in [1.82, 2.24) is 0 Å². The highest BCUT2D eigenvalue weighted by atomic mass is 32.2. The van der Waals surface area contributed by atoms with E-state index in [1.165, 1.54) is 12.1 Å². The summed E-state index contributed by atoms with van der Waals surface area (Å²) in [5, 5.41) is 0. The van der Waals surface area contributed by atoms with E-state index in [2.05, 4.69) is 18.0 Å². The molecule has 0 spiro atoms. The minimum absolute atomic E-state index is 0.0660. The van der Waals surface area contributed by atoms with Gasteiger partial charge in [0, 0.05) is 0 Å². The van der Waals surface area contributed by atoms with E-state index in [0.717, 1.165) is 12.8 Å². The van der Waals surface area contributed by atoms with Crippen LogP contribution < -0.4 is 0 Å². The number of allylic oxidation sites excluding steroid dienone is 2. The predicted octanol–water partition coefficient (Wildman–Crippen LogP) is 5.22. The van der Waals surface area contributed by atoms with Gasteiger partial charge in [-0.3, -0.25) is 0 Å². The lowest BCUT2D eigenvalue weighted by atomic mass is 10.2. The molecule has 1 aliphatic rings. The number of hydrogen-bond acceptors (Lipinski definition) is 4. The van der Waals surface area contributed by atoms with Crippen molar-refractivity contribution in [2.24, 2.45) is 5.92 Å². The molecule has 2 aromatic rings. The second-order valence-electron chi connectivity index (χ2n) is 7.16. The molecule has 0 radical (unpaired) electrons. The Hall–Kier alpha value is -2.62. The average molecular weight is 441 g/mol. The van der Waals surface area contributed by atoms with Crippen LogP contribution in [0.15, 0.2) is 104 Å². The topological polar surface area (TPSA) is 68.3 Å². The molecule has 0 unspecified atom stereocenters. The summed E-state index contributed by atoms with van der Waals surface area (Å²) in [4.78, 5) is 0.642. The molecule has 1 fully saturated rings. The third-order valence-corrected chi connectivity index (χ3v) is 8.62. The van der Waals surface area contributed by atoms with Gasteiger partial charge in [0.1, 0.15) is 0 Å². The second kappa shape index (κ2) is 9.46. The first-order valence-electron chi connectivity index (χ1n) is 9.80. The van der Waals surface area contributed by atoms with Crippen LogP contribution in [0.2, 0.25) is 0 Å². The maximum Gasteiger partial charge on any atom is 0.210 e. The van der Waals surface area contributed by atoms with Crippen molar-refractivity contribution in [3.63, 3.8) is 0 Å². The number of hydrogen-bond donors (Lipinski definition) is 0. The Labute approximate surface area is 178 Å². The molecule has 0 amide bonds. The molecule has 0 aliphatic heterocycles. The second-order valence-corrected chi connectivity index (χ2v) is 11.1. The summed E-state index contributed by atoms with van der Waals surface area (Å²) >= 11 is 0. The molecule has 156 valence electrons. The summed E-state index contributed by atoms with van der Waals surface area (Å²) in [6.07, 6.45) is 4.59. The van der Waals surface area contributed by atoms with Crippen molar-refractivity contribution in [3.05, 3.63) is 94.6 Å². The van der Waals surface area contributed by atoms with Crippen molar-refractivity contribution in [1.29, 1.82) is 0 Å². The van der Waals surface area contributed by atoms with Gasteiger partial charge in [-0.05, 0) is 68.4 Å². The highest BCUT2D eigenvalue weighted by Gasteiger charge is 2.24. The van der Waals surface area contributed by atoms with E-state index in [9.17, 15) is 16.8 Å². The van der Waals surface area contributed by atoms with Crippen molar-refractivity contribution in [2.45, 2.75) is 41.9 Å².